The highest BCUT2D eigenvalue weighted by Crippen LogP contribution is 2.29. The maximum absolute atomic E-state index is 10.8. The van der Waals surface area contributed by atoms with Crippen LogP contribution >= 0.6 is 0 Å². The first-order valence-corrected chi connectivity index (χ1v) is 4.92. The van der Waals surface area contributed by atoms with Crippen molar-refractivity contribution in [1.82, 2.24) is 0 Å². The second-order valence-electron chi connectivity index (χ2n) is 3.40. The number of anilines is 1. The number of aromatic hydroxyl groups is 1. The Balaban J connectivity index is 3.07. The summed E-state index contributed by atoms with van der Waals surface area (Å²) in [5.74, 6) is -1.27. The molecular weight excluding hydrogens is 228 g/mol. The average Bonchev–Trinajstić information content (AvgIpc) is 2.25. The summed E-state index contributed by atoms with van der Waals surface area (Å²) in [6.45, 7) is 1.64. The van der Waals surface area contributed by atoms with E-state index in [1.165, 1.54) is 6.07 Å². The number of aliphatic carboxylic acids is 1. The molecule has 3 N–H and O–H groups in total. The van der Waals surface area contributed by atoms with Gasteiger partial charge in [0.1, 0.15) is 17.5 Å². The number of phenolic OH excluding ortho intramolecular Hbond substituents is 1. The van der Waals surface area contributed by atoms with Crippen LogP contribution in [0.15, 0.2) is 18.2 Å². The Morgan fingerprint density at radius 2 is 2.24 bits per heavy atom. The van der Waals surface area contributed by atoms with Crippen LogP contribution in [0.3, 0.4) is 0 Å². The topological polar surface area (TPSA) is 113 Å². The summed E-state index contributed by atoms with van der Waals surface area (Å²) in [6.07, 6.45) is 0.266. The average molecular weight is 240 g/mol. The molecule has 0 saturated carbocycles. The summed E-state index contributed by atoms with van der Waals surface area (Å²) >= 11 is 0. The minimum atomic E-state index is -1.11. The summed E-state index contributed by atoms with van der Waals surface area (Å²) in [5, 5.41) is 31.3. The van der Waals surface area contributed by atoms with Crippen LogP contribution in [0.5, 0.6) is 5.75 Å². The third-order valence-electron chi connectivity index (χ3n) is 2.21. The van der Waals surface area contributed by atoms with Crippen LogP contribution in [0.4, 0.5) is 11.4 Å². The third kappa shape index (κ3) is 3.07. The Labute approximate surface area is 96.8 Å². The fraction of sp³-hybridized carbons (Fsp3) is 0.300. The lowest BCUT2D eigenvalue weighted by atomic mass is 10.2. The van der Waals surface area contributed by atoms with Gasteiger partial charge in [-0.3, -0.25) is 10.1 Å². The smallest absolute Gasteiger partial charge is 0.326 e. The van der Waals surface area contributed by atoms with Crippen molar-refractivity contribution in [2.24, 2.45) is 0 Å². The molecule has 92 valence electrons. The van der Waals surface area contributed by atoms with Gasteiger partial charge < -0.3 is 15.5 Å². The van der Waals surface area contributed by atoms with Gasteiger partial charge in [0.25, 0.3) is 5.69 Å². The van der Waals surface area contributed by atoms with E-state index >= 15 is 0 Å². The van der Waals surface area contributed by atoms with Crippen molar-refractivity contribution in [3.05, 3.63) is 28.3 Å². The monoisotopic (exact) mass is 240 g/mol. The summed E-state index contributed by atoms with van der Waals surface area (Å²) in [7, 11) is 0. The van der Waals surface area contributed by atoms with Gasteiger partial charge in [0.15, 0.2) is 0 Å². The van der Waals surface area contributed by atoms with Crippen LogP contribution in [0.1, 0.15) is 13.3 Å². The highest BCUT2D eigenvalue weighted by Gasteiger charge is 2.20. The predicted octanol–water partition coefficient (Wildman–Crippen LogP) is 1.58. The molecular formula is C10H12N2O5. The fourth-order valence-electron chi connectivity index (χ4n) is 1.32. The van der Waals surface area contributed by atoms with Gasteiger partial charge in [-0.1, -0.05) is 6.92 Å². The van der Waals surface area contributed by atoms with Crippen LogP contribution in [0.2, 0.25) is 0 Å². The van der Waals surface area contributed by atoms with Crippen LogP contribution < -0.4 is 5.32 Å². The van der Waals surface area contributed by atoms with E-state index in [1.54, 1.807) is 6.92 Å². The van der Waals surface area contributed by atoms with Crippen molar-refractivity contribution < 1.29 is 19.9 Å². The summed E-state index contributed by atoms with van der Waals surface area (Å²) in [6, 6.07) is 2.48. The molecule has 0 spiro atoms. The van der Waals surface area contributed by atoms with Gasteiger partial charge in [-0.05, 0) is 12.5 Å². The SMILES string of the molecule is CCC(Nc1cc(O)ccc1[N+](=O)[O-])C(=O)O. The number of nitro benzene ring substituents is 1. The van der Waals surface area contributed by atoms with Crippen molar-refractivity contribution >= 4 is 17.3 Å². The molecule has 0 amide bonds. The maximum atomic E-state index is 10.8. The molecule has 0 aliphatic heterocycles. The largest absolute Gasteiger partial charge is 0.508 e. The zero-order valence-electron chi connectivity index (χ0n) is 9.08. The highest BCUT2D eigenvalue weighted by molar-refractivity contribution is 5.79. The van der Waals surface area contributed by atoms with E-state index in [9.17, 15) is 20.0 Å². The fourth-order valence-corrected chi connectivity index (χ4v) is 1.32. The van der Waals surface area contributed by atoms with Gasteiger partial charge in [-0.15, -0.1) is 0 Å². The molecule has 1 aromatic rings. The first-order valence-electron chi connectivity index (χ1n) is 4.92. The Morgan fingerprint density at radius 1 is 1.59 bits per heavy atom. The molecule has 0 aliphatic carbocycles. The molecule has 0 bridgehead atoms. The van der Waals surface area contributed by atoms with E-state index in [4.69, 9.17) is 5.11 Å². The highest BCUT2D eigenvalue weighted by atomic mass is 16.6. The summed E-state index contributed by atoms with van der Waals surface area (Å²) in [4.78, 5) is 20.9. The number of nitrogens with one attached hydrogen (secondary N) is 1. The molecule has 0 radical (unpaired) electrons. The van der Waals surface area contributed by atoms with Gasteiger partial charge in [0.2, 0.25) is 0 Å². The number of carboxylic acids is 1. The van der Waals surface area contributed by atoms with Crippen LogP contribution in [-0.2, 0) is 4.79 Å². The molecule has 1 rings (SSSR count). The molecule has 0 aromatic heterocycles. The van der Waals surface area contributed by atoms with Gasteiger partial charge in [0.05, 0.1) is 4.92 Å². The molecule has 7 nitrogen and oxygen atoms in total. The van der Waals surface area contributed by atoms with E-state index in [-0.39, 0.29) is 23.5 Å². The molecule has 0 fully saturated rings. The molecule has 1 atom stereocenters. The number of carboxylic acid groups (broad SMARTS) is 1. The number of phenols is 1. The molecule has 0 saturated heterocycles. The zero-order valence-corrected chi connectivity index (χ0v) is 9.08. The first-order chi connectivity index (χ1) is 7.95. The number of nitro groups is 1. The zero-order chi connectivity index (χ0) is 13.0. The second-order valence-corrected chi connectivity index (χ2v) is 3.40. The van der Waals surface area contributed by atoms with Crippen LogP contribution in [0.25, 0.3) is 0 Å². The predicted molar refractivity (Wildman–Crippen MR) is 60.1 cm³/mol. The van der Waals surface area contributed by atoms with Crippen molar-refractivity contribution in [3.8, 4) is 5.75 Å². The van der Waals surface area contributed by atoms with Gasteiger partial charge in [0, 0.05) is 12.1 Å². The summed E-state index contributed by atoms with van der Waals surface area (Å²) in [5.41, 5.74) is -0.285. The van der Waals surface area contributed by atoms with Gasteiger partial charge in [-0.2, -0.15) is 0 Å². The summed E-state index contributed by atoms with van der Waals surface area (Å²) < 4.78 is 0. The minimum absolute atomic E-state index is 0.00995. The van der Waals surface area contributed by atoms with Crippen molar-refractivity contribution in [3.63, 3.8) is 0 Å². The normalized spacial score (nSPS) is 11.8. The molecule has 7 heteroatoms. The van der Waals surface area contributed by atoms with Crippen molar-refractivity contribution in [1.29, 1.82) is 0 Å². The Kier molecular flexibility index (Phi) is 3.86. The third-order valence-corrected chi connectivity index (χ3v) is 2.21. The molecule has 1 aromatic carbocycles. The minimum Gasteiger partial charge on any atom is -0.508 e. The standard InChI is InChI=1S/C10H12N2O5/c1-2-7(10(14)15)11-8-5-6(13)3-4-9(8)12(16)17/h3-5,7,11,13H,2H2,1H3,(H,14,15). The van der Waals surface area contributed by atoms with Crippen LogP contribution in [-0.4, -0.2) is 27.1 Å². The Morgan fingerprint density at radius 3 is 2.71 bits per heavy atom. The van der Waals surface area contributed by atoms with Gasteiger partial charge in [-0.25, -0.2) is 4.79 Å². The van der Waals surface area contributed by atoms with E-state index in [2.05, 4.69) is 5.32 Å². The number of hydrogen-bond acceptors (Lipinski definition) is 5. The quantitative estimate of drug-likeness (QED) is 0.532. The number of nitrogens with zero attached hydrogens (tertiary/aromatic N) is 1. The molecule has 17 heavy (non-hydrogen) atoms. The second kappa shape index (κ2) is 5.15. The number of rotatable bonds is 5. The van der Waals surface area contributed by atoms with E-state index in [1.807, 2.05) is 0 Å². The Bertz CT molecular complexity index is 446. The van der Waals surface area contributed by atoms with Crippen molar-refractivity contribution in [2.45, 2.75) is 19.4 Å². The number of benzene rings is 1. The molecule has 1 unspecified atom stereocenters. The molecule has 0 heterocycles. The number of hydrogen-bond donors (Lipinski definition) is 3. The lowest BCUT2D eigenvalue weighted by Gasteiger charge is -2.13. The maximum Gasteiger partial charge on any atom is 0.326 e. The van der Waals surface area contributed by atoms with Gasteiger partial charge >= 0.3 is 5.97 Å². The van der Waals surface area contributed by atoms with E-state index < -0.39 is 16.9 Å². The Hall–Kier alpha value is -2.31. The first kappa shape index (κ1) is 12.8. The van der Waals surface area contributed by atoms with Crippen LogP contribution in [0, 0.1) is 10.1 Å². The van der Waals surface area contributed by atoms with E-state index in [0.717, 1.165) is 12.1 Å². The van der Waals surface area contributed by atoms with E-state index in [0.29, 0.717) is 0 Å². The molecule has 0 aliphatic rings. The lowest BCUT2D eigenvalue weighted by Crippen LogP contribution is -2.28. The number of carbonyl (C=O) groups is 1. The van der Waals surface area contributed by atoms with Crippen molar-refractivity contribution in [2.75, 3.05) is 5.32 Å². The lowest BCUT2D eigenvalue weighted by molar-refractivity contribution is -0.384.